The molecular formula is C33H42N2O9. The Labute approximate surface area is 258 Å². The zero-order chi connectivity index (χ0) is 30.9. The lowest BCUT2D eigenvalue weighted by atomic mass is 9.84. The second-order valence-electron chi connectivity index (χ2n) is 11.2. The number of fused-ring (bicyclic) bond motifs is 1. The van der Waals surface area contributed by atoms with Crippen molar-refractivity contribution in [3.8, 4) is 11.5 Å². The third-order valence-electron chi connectivity index (χ3n) is 8.35. The van der Waals surface area contributed by atoms with Crippen molar-refractivity contribution in [2.45, 2.75) is 44.0 Å². The fraction of sp³-hybridized carbons (Fsp3) is 0.515. The smallest absolute Gasteiger partial charge is 0.407 e. The number of piperidine rings is 1. The molecule has 3 atom stereocenters. The Bertz CT molecular complexity index is 1290. The van der Waals surface area contributed by atoms with Crippen LogP contribution in [0, 0.1) is 0 Å². The predicted octanol–water partition coefficient (Wildman–Crippen LogP) is 4.24. The Morgan fingerprint density at radius 3 is 2.50 bits per heavy atom. The first-order valence-corrected chi connectivity index (χ1v) is 15.1. The van der Waals surface area contributed by atoms with E-state index >= 15 is 0 Å². The van der Waals surface area contributed by atoms with Crippen LogP contribution in [0.25, 0.3) is 0 Å². The minimum atomic E-state index is -1.01. The van der Waals surface area contributed by atoms with Gasteiger partial charge in [-0.3, -0.25) is 4.79 Å². The van der Waals surface area contributed by atoms with E-state index in [9.17, 15) is 14.7 Å². The minimum absolute atomic E-state index is 0.00167. The Hall–Kier alpha value is -3.64. The van der Waals surface area contributed by atoms with Gasteiger partial charge in [0.1, 0.15) is 11.5 Å². The van der Waals surface area contributed by atoms with Crippen molar-refractivity contribution in [1.29, 1.82) is 0 Å². The molecule has 1 N–H and O–H groups in total. The molecular weight excluding hydrogens is 568 g/mol. The van der Waals surface area contributed by atoms with Crippen LogP contribution in [0.3, 0.4) is 0 Å². The number of methoxy groups -OCH3 is 2. The van der Waals surface area contributed by atoms with E-state index in [0.717, 1.165) is 29.7 Å². The number of hydrogen-bond acceptors (Lipinski definition) is 8. The topological polar surface area (TPSA) is 116 Å². The van der Waals surface area contributed by atoms with Crippen molar-refractivity contribution in [2.75, 3.05) is 71.8 Å². The largest absolute Gasteiger partial charge is 0.497 e. The highest BCUT2D eigenvalue weighted by molar-refractivity contribution is 5.97. The number of carbonyl (C=O) groups is 2. The highest BCUT2D eigenvalue weighted by atomic mass is 16.5. The van der Waals surface area contributed by atoms with E-state index in [0.29, 0.717) is 50.8 Å². The normalized spacial score (nSPS) is 21.9. The summed E-state index contributed by atoms with van der Waals surface area (Å²) < 4.78 is 34.6. The molecule has 3 aliphatic rings. The molecule has 0 aliphatic carbocycles. The second kappa shape index (κ2) is 15.4. The highest BCUT2D eigenvalue weighted by Gasteiger charge is 2.41. The fourth-order valence-corrected chi connectivity index (χ4v) is 5.98. The number of ether oxygens (including phenoxy) is 6. The summed E-state index contributed by atoms with van der Waals surface area (Å²) in [6.07, 6.45) is 2.62. The van der Waals surface area contributed by atoms with Crippen LogP contribution in [0.2, 0.25) is 0 Å². The Kier molecular flexibility index (Phi) is 11.1. The number of nitrogens with zero attached hydrogens (tertiary/aromatic N) is 2. The van der Waals surface area contributed by atoms with Gasteiger partial charge in [-0.05, 0) is 54.7 Å². The minimum Gasteiger partial charge on any atom is -0.497 e. The number of carbonyl (C=O) groups excluding carboxylic acids is 1. The molecule has 238 valence electrons. The lowest BCUT2D eigenvalue weighted by molar-refractivity contribution is -0.121. The third-order valence-corrected chi connectivity index (χ3v) is 8.35. The molecule has 2 fully saturated rings. The summed E-state index contributed by atoms with van der Waals surface area (Å²) in [5.41, 5.74) is 3.82. The van der Waals surface area contributed by atoms with Gasteiger partial charge < -0.3 is 43.3 Å². The van der Waals surface area contributed by atoms with Gasteiger partial charge in [-0.2, -0.15) is 0 Å². The molecule has 0 unspecified atom stereocenters. The first-order valence-electron chi connectivity index (χ1n) is 15.1. The number of amides is 2. The maximum Gasteiger partial charge on any atom is 0.407 e. The van der Waals surface area contributed by atoms with Gasteiger partial charge in [0.05, 0.1) is 64.5 Å². The van der Waals surface area contributed by atoms with Crippen LogP contribution < -0.4 is 14.4 Å². The monoisotopic (exact) mass is 610 g/mol. The number of hydrogen-bond donors (Lipinski definition) is 1. The van der Waals surface area contributed by atoms with E-state index in [2.05, 4.69) is 6.08 Å². The number of benzene rings is 2. The molecule has 0 bridgehead atoms. The molecule has 0 radical (unpaired) electrons. The van der Waals surface area contributed by atoms with E-state index in [1.165, 1.54) is 10.5 Å². The Balaban J connectivity index is 1.37. The molecule has 2 saturated heterocycles. The number of rotatable bonds is 12. The van der Waals surface area contributed by atoms with Crippen LogP contribution in [0.4, 0.5) is 10.5 Å². The quantitative estimate of drug-likeness (QED) is 0.278. The van der Waals surface area contributed by atoms with Crippen LogP contribution in [-0.4, -0.2) is 101 Å². The summed E-state index contributed by atoms with van der Waals surface area (Å²) in [5.74, 6) is 1.05. The molecule has 3 aliphatic heterocycles. The molecule has 3 heterocycles. The van der Waals surface area contributed by atoms with Crippen LogP contribution in [0.5, 0.6) is 11.5 Å². The number of likely N-dealkylation sites (tertiary alicyclic amines) is 1. The molecule has 0 saturated carbocycles. The first-order chi connectivity index (χ1) is 21.5. The summed E-state index contributed by atoms with van der Waals surface area (Å²) in [6, 6.07) is 13.5. The van der Waals surface area contributed by atoms with Gasteiger partial charge in [0.2, 0.25) is 0 Å². The van der Waals surface area contributed by atoms with E-state index in [-0.39, 0.29) is 38.1 Å². The molecule has 44 heavy (non-hydrogen) atoms. The van der Waals surface area contributed by atoms with Crippen molar-refractivity contribution in [3.05, 3.63) is 65.2 Å². The third kappa shape index (κ3) is 7.89. The molecule has 5 rings (SSSR count). The average molecular weight is 611 g/mol. The van der Waals surface area contributed by atoms with Crippen molar-refractivity contribution in [1.82, 2.24) is 4.90 Å². The van der Waals surface area contributed by atoms with Crippen LogP contribution >= 0.6 is 0 Å². The zero-order valence-corrected chi connectivity index (χ0v) is 25.4. The van der Waals surface area contributed by atoms with Gasteiger partial charge in [-0.1, -0.05) is 29.8 Å². The lowest BCUT2D eigenvalue weighted by Gasteiger charge is -2.42. The SMILES string of the molecule is COCCCN1C(=O)COc2ccc(CO[C@H]3CN(C(=O)O)C[C@@H](OCC=C4CCOCC4)[C@@H]3c3ccc(OC)cc3)cc21. The first kappa shape index (κ1) is 31.8. The van der Waals surface area contributed by atoms with E-state index < -0.39 is 18.3 Å². The van der Waals surface area contributed by atoms with E-state index in [1.807, 2.05) is 42.5 Å². The average Bonchev–Trinajstić information content (AvgIpc) is 3.05. The summed E-state index contributed by atoms with van der Waals surface area (Å²) >= 11 is 0. The van der Waals surface area contributed by atoms with E-state index in [4.69, 9.17) is 28.4 Å². The lowest BCUT2D eigenvalue weighted by Crippen LogP contribution is -2.54. The number of carboxylic acid groups (broad SMARTS) is 1. The van der Waals surface area contributed by atoms with Crippen LogP contribution in [0.1, 0.15) is 36.3 Å². The molecule has 0 aromatic heterocycles. The standard InChI is InChI=1S/C33H42N2O9/c1-39-14-3-13-35-27-18-24(4-9-28(27)44-22-31(35)36)21-43-30-20-34(33(37)38)19-29(42-17-12-23-10-15-41-16-11-23)32(30)25-5-7-26(40-2)8-6-25/h4-9,12,18,29-30,32H,3,10-11,13-17,19-22H2,1-2H3,(H,37,38)/t29-,30+,32+/m1/s1. The van der Waals surface area contributed by atoms with Crippen molar-refractivity contribution < 1.29 is 43.1 Å². The molecule has 2 aromatic rings. The molecule has 2 amide bonds. The molecule has 11 nitrogen and oxygen atoms in total. The van der Waals surface area contributed by atoms with Crippen LogP contribution in [0.15, 0.2) is 54.1 Å². The summed E-state index contributed by atoms with van der Waals surface area (Å²) in [7, 11) is 3.26. The zero-order valence-electron chi connectivity index (χ0n) is 25.4. The second-order valence-corrected chi connectivity index (χ2v) is 11.2. The van der Waals surface area contributed by atoms with Gasteiger partial charge in [0.15, 0.2) is 6.61 Å². The summed E-state index contributed by atoms with van der Waals surface area (Å²) in [4.78, 5) is 28.0. The molecule has 0 spiro atoms. The fourth-order valence-electron chi connectivity index (χ4n) is 5.98. The predicted molar refractivity (Wildman–Crippen MR) is 163 cm³/mol. The maximum atomic E-state index is 12.7. The van der Waals surface area contributed by atoms with Crippen molar-refractivity contribution in [2.24, 2.45) is 0 Å². The molecule has 11 heteroatoms. The molecule has 2 aromatic carbocycles. The number of anilines is 1. The Morgan fingerprint density at radius 2 is 1.80 bits per heavy atom. The highest BCUT2D eigenvalue weighted by Crippen LogP contribution is 2.36. The van der Waals surface area contributed by atoms with Crippen molar-refractivity contribution in [3.63, 3.8) is 0 Å². The summed E-state index contributed by atoms with van der Waals surface area (Å²) in [6.45, 7) is 3.50. The van der Waals surface area contributed by atoms with E-state index in [1.54, 1.807) is 19.1 Å². The van der Waals surface area contributed by atoms with Gasteiger partial charge >= 0.3 is 6.09 Å². The van der Waals surface area contributed by atoms with Crippen LogP contribution in [-0.2, 0) is 30.3 Å². The van der Waals surface area contributed by atoms with Gasteiger partial charge in [-0.25, -0.2) is 4.79 Å². The maximum absolute atomic E-state index is 12.7. The summed E-state index contributed by atoms with van der Waals surface area (Å²) in [5, 5.41) is 10.0. The van der Waals surface area contributed by atoms with Gasteiger partial charge in [-0.15, -0.1) is 0 Å². The van der Waals surface area contributed by atoms with Gasteiger partial charge in [0, 0.05) is 26.2 Å². The van der Waals surface area contributed by atoms with Crippen molar-refractivity contribution >= 4 is 17.7 Å². The van der Waals surface area contributed by atoms with Gasteiger partial charge in [0.25, 0.3) is 5.91 Å². The Morgan fingerprint density at radius 1 is 1.05 bits per heavy atom.